The van der Waals surface area contributed by atoms with Crippen molar-refractivity contribution >= 4 is 35.6 Å². The number of nitrogens with two attached hydrogens (primary N) is 2. The quantitative estimate of drug-likeness (QED) is 0.111. The molecule has 1 rings (SSSR count). The summed E-state index contributed by atoms with van der Waals surface area (Å²) in [4.78, 5) is 78.9. The number of nitrogens with one attached hydrogen (secondary N) is 4. The van der Waals surface area contributed by atoms with E-state index in [-0.39, 0.29) is 38.0 Å². The van der Waals surface area contributed by atoms with Gasteiger partial charge in [0, 0.05) is 31.2 Å². The van der Waals surface area contributed by atoms with E-state index in [1.165, 1.54) is 12.5 Å². The number of aromatic amines is 1. The van der Waals surface area contributed by atoms with Gasteiger partial charge in [-0.2, -0.15) is 0 Å². The van der Waals surface area contributed by atoms with Crippen molar-refractivity contribution < 1.29 is 39.0 Å². The molecular formula is C22H35N7O8. The van der Waals surface area contributed by atoms with E-state index in [4.69, 9.17) is 16.6 Å². The SMILES string of the molecule is CC(C)CC(NC(=O)C(CCC(=O)O)NC(=O)C(CCC(N)=O)NC(=O)C(N)Cc1cnc[nH]1)C(=O)O. The third kappa shape index (κ3) is 12.0. The average Bonchev–Trinajstić information content (AvgIpc) is 3.30. The molecule has 15 nitrogen and oxygen atoms in total. The lowest BCUT2D eigenvalue weighted by Crippen LogP contribution is -2.57. The fraction of sp³-hybridized carbons (Fsp3) is 0.591. The molecule has 4 unspecified atom stereocenters. The first-order valence-electron chi connectivity index (χ1n) is 11.7. The summed E-state index contributed by atoms with van der Waals surface area (Å²) in [6, 6.07) is -5.10. The van der Waals surface area contributed by atoms with Gasteiger partial charge in [-0.3, -0.25) is 24.0 Å². The number of hydrogen-bond acceptors (Lipinski definition) is 8. The third-order valence-electron chi connectivity index (χ3n) is 5.25. The summed E-state index contributed by atoms with van der Waals surface area (Å²) >= 11 is 0. The molecule has 0 spiro atoms. The van der Waals surface area contributed by atoms with Crippen molar-refractivity contribution in [3.8, 4) is 0 Å². The Bertz CT molecular complexity index is 951. The molecule has 15 heteroatoms. The van der Waals surface area contributed by atoms with E-state index in [0.29, 0.717) is 5.69 Å². The van der Waals surface area contributed by atoms with Crippen LogP contribution in [0.4, 0.5) is 0 Å². The van der Waals surface area contributed by atoms with Crippen molar-refractivity contribution in [2.24, 2.45) is 17.4 Å². The molecule has 0 aromatic carbocycles. The predicted molar refractivity (Wildman–Crippen MR) is 128 cm³/mol. The summed E-state index contributed by atoms with van der Waals surface area (Å²) in [7, 11) is 0. The Labute approximate surface area is 213 Å². The number of hydrogen-bond donors (Lipinski definition) is 8. The average molecular weight is 526 g/mol. The van der Waals surface area contributed by atoms with E-state index < -0.39 is 66.2 Å². The number of aliphatic carboxylic acids is 2. The predicted octanol–water partition coefficient (Wildman–Crippen LogP) is -2.01. The van der Waals surface area contributed by atoms with Crippen LogP contribution in [-0.2, 0) is 35.2 Å². The third-order valence-corrected chi connectivity index (χ3v) is 5.25. The van der Waals surface area contributed by atoms with Crippen LogP contribution in [0, 0.1) is 5.92 Å². The maximum absolute atomic E-state index is 13.0. The molecule has 10 N–H and O–H groups in total. The van der Waals surface area contributed by atoms with Gasteiger partial charge in [0.1, 0.15) is 18.1 Å². The molecule has 37 heavy (non-hydrogen) atoms. The van der Waals surface area contributed by atoms with Crippen LogP contribution < -0.4 is 27.4 Å². The van der Waals surface area contributed by atoms with E-state index in [2.05, 4.69) is 25.9 Å². The minimum Gasteiger partial charge on any atom is -0.481 e. The zero-order valence-corrected chi connectivity index (χ0v) is 20.7. The van der Waals surface area contributed by atoms with Gasteiger partial charge in [-0.1, -0.05) is 13.8 Å². The van der Waals surface area contributed by atoms with Crippen LogP contribution in [0.2, 0.25) is 0 Å². The van der Waals surface area contributed by atoms with Gasteiger partial charge >= 0.3 is 11.9 Å². The molecule has 0 aliphatic rings. The second-order valence-electron chi connectivity index (χ2n) is 8.98. The highest BCUT2D eigenvalue weighted by atomic mass is 16.4. The Morgan fingerprint density at radius 2 is 1.46 bits per heavy atom. The number of imidazole rings is 1. The van der Waals surface area contributed by atoms with Crippen molar-refractivity contribution in [2.75, 3.05) is 0 Å². The van der Waals surface area contributed by atoms with E-state index in [0.717, 1.165) is 0 Å². The number of amides is 4. The number of rotatable bonds is 17. The van der Waals surface area contributed by atoms with Crippen LogP contribution in [0.15, 0.2) is 12.5 Å². The van der Waals surface area contributed by atoms with Crippen molar-refractivity contribution in [3.63, 3.8) is 0 Å². The van der Waals surface area contributed by atoms with Crippen LogP contribution in [0.3, 0.4) is 0 Å². The van der Waals surface area contributed by atoms with Crippen LogP contribution in [0.1, 0.15) is 51.6 Å². The Morgan fingerprint density at radius 3 is 1.92 bits per heavy atom. The van der Waals surface area contributed by atoms with Gasteiger partial charge in [0.25, 0.3) is 0 Å². The van der Waals surface area contributed by atoms with Crippen LogP contribution in [-0.4, -0.2) is 79.9 Å². The Morgan fingerprint density at radius 1 is 0.919 bits per heavy atom. The summed E-state index contributed by atoms with van der Waals surface area (Å²) in [5, 5.41) is 25.5. The van der Waals surface area contributed by atoms with Gasteiger partial charge in [0.05, 0.1) is 12.4 Å². The summed E-state index contributed by atoms with van der Waals surface area (Å²) in [6.07, 6.45) is 1.70. The monoisotopic (exact) mass is 525 g/mol. The number of carbonyl (C=O) groups excluding carboxylic acids is 4. The molecule has 1 aromatic rings. The lowest BCUT2D eigenvalue weighted by atomic mass is 10.0. The number of H-pyrrole nitrogens is 1. The fourth-order valence-corrected chi connectivity index (χ4v) is 3.33. The van der Waals surface area contributed by atoms with E-state index in [1.54, 1.807) is 13.8 Å². The van der Waals surface area contributed by atoms with Gasteiger partial charge in [-0.05, 0) is 25.2 Å². The van der Waals surface area contributed by atoms with Gasteiger partial charge < -0.3 is 42.6 Å². The molecule has 0 fully saturated rings. The van der Waals surface area contributed by atoms with E-state index >= 15 is 0 Å². The van der Waals surface area contributed by atoms with Crippen LogP contribution >= 0.6 is 0 Å². The second-order valence-corrected chi connectivity index (χ2v) is 8.98. The zero-order valence-electron chi connectivity index (χ0n) is 20.7. The van der Waals surface area contributed by atoms with Gasteiger partial charge in [0.15, 0.2) is 0 Å². The van der Waals surface area contributed by atoms with E-state index in [9.17, 15) is 33.9 Å². The lowest BCUT2D eigenvalue weighted by molar-refractivity contribution is -0.143. The van der Waals surface area contributed by atoms with Crippen molar-refractivity contribution in [3.05, 3.63) is 18.2 Å². The Balaban J connectivity index is 3.01. The van der Waals surface area contributed by atoms with Crippen molar-refractivity contribution in [1.82, 2.24) is 25.9 Å². The normalized spacial score (nSPS) is 14.2. The number of nitrogens with zero attached hydrogens (tertiary/aromatic N) is 1. The highest BCUT2D eigenvalue weighted by Crippen LogP contribution is 2.08. The Kier molecular flexibility index (Phi) is 12.7. The molecule has 1 heterocycles. The molecule has 4 atom stereocenters. The standard InChI is InChI=1S/C22H35N7O8/c1-11(2)7-16(22(36)37)29-21(35)15(4-6-18(31)32)28-20(34)14(3-5-17(24)30)27-19(33)13(23)8-12-9-25-10-26-12/h9-11,13-16H,3-8,23H2,1-2H3,(H2,24,30)(H,25,26)(H,27,33)(H,28,34)(H,29,35)(H,31,32)(H,36,37). The largest absolute Gasteiger partial charge is 0.481 e. The highest BCUT2D eigenvalue weighted by molar-refractivity contribution is 5.94. The number of aromatic nitrogens is 2. The molecule has 0 radical (unpaired) electrons. The number of carboxylic acids is 2. The number of primary amides is 1. The molecule has 0 bridgehead atoms. The fourth-order valence-electron chi connectivity index (χ4n) is 3.33. The summed E-state index contributed by atoms with van der Waals surface area (Å²) < 4.78 is 0. The molecule has 1 aromatic heterocycles. The number of carboxylic acid groups (broad SMARTS) is 2. The van der Waals surface area contributed by atoms with Gasteiger partial charge in [0.2, 0.25) is 23.6 Å². The van der Waals surface area contributed by atoms with E-state index in [1.807, 2.05) is 0 Å². The first-order chi connectivity index (χ1) is 17.3. The summed E-state index contributed by atoms with van der Waals surface area (Å²) in [5.41, 5.74) is 11.6. The van der Waals surface area contributed by atoms with Crippen molar-refractivity contribution in [2.45, 2.75) is 76.5 Å². The molecule has 206 valence electrons. The molecule has 0 aliphatic heterocycles. The topological polar surface area (TPSA) is 260 Å². The first kappa shape index (κ1) is 31.0. The smallest absolute Gasteiger partial charge is 0.326 e. The first-order valence-corrected chi connectivity index (χ1v) is 11.7. The van der Waals surface area contributed by atoms with Crippen LogP contribution in [0.5, 0.6) is 0 Å². The van der Waals surface area contributed by atoms with Crippen LogP contribution in [0.25, 0.3) is 0 Å². The van der Waals surface area contributed by atoms with Gasteiger partial charge in [-0.25, -0.2) is 9.78 Å². The molecule has 4 amide bonds. The van der Waals surface area contributed by atoms with Gasteiger partial charge in [-0.15, -0.1) is 0 Å². The summed E-state index contributed by atoms with van der Waals surface area (Å²) in [6.45, 7) is 3.52. The summed E-state index contributed by atoms with van der Waals surface area (Å²) in [5.74, 6) is -5.88. The van der Waals surface area contributed by atoms with Crippen molar-refractivity contribution in [1.29, 1.82) is 0 Å². The highest BCUT2D eigenvalue weighted by Gasteiger charge is 2.31. The molecule has 0 saturated heterocycles. The molecular weight excluding hydrogens is 490 g/mol. The minimum atomic E-state index is -1.43. The number of carbonyl (C=O) groups is 6. The maximum Gasteiger partial charge on any atom is 0.326 e. The maximum atomic E-state index is 13.0. The minimum absolute atomic E-state index is 0.0755. The zero-order chi connectivity index (χ0) is 28.1. The molecule has 0 saturated carbocycles. The second kappa shape index (κ2) is 15.2. The molecule has 0 aliphatic carbocycles. The lowest BCUT2D eigenvalue weighted by Gasteiger charge is -2.25. The Hall–Kier alpha value is -4.01.